The highest BCUT2D eigenvalue weighted by atomic mass is 16.6. The molecule has 0 aliphatic carbocycles. The van der Waals surface area contributed by atoms with Gasteiger partial charge in [0.05, 0.1) is 18.9 Å². The summed E-state index contributed by atoms with van der Waals surface area (Å²) in [7, 11) is 0. The minimum Gasteiger partial charge on any atom is -0.481 e. The number of nitrogens with two attached hydrogens (primary N) is 1. The second-order valence-electron chi connectivity index (χ2n) is 8.96. The predicted molar refractivity (Wildman–Crippen MR) is 121 cm³/mol. The highest BCUT2D eigenvalue weighted by molar-refractivity contribution is 5.85. The van der Waals surface area contributed by atoms with E-state index >= 15 is 0 Å². The summed E-state index contributed by atoms with van der Waals surface area (Å²) in [5.41, 5.74) is 4.96. The molecule has 1 atom stereocenters. The number of primary amides is 1. The first-order valence-corrected chi connectivity index (χ1v) is 10.8. The number of ether oxygens (including phenoxy) is 1. The number of hydrogen-bond acceptors (Lipinski definition) is 7. The van der Waals surface area contributed by atoms with E-state index < -0.39 is 34.9 Å². The number of esters is 1. The number of carboxylic acids is 2. The van der Waals surface area contributed by atoms with Gasteiger partial charge in [-0.3, -0.25) is 24.5 Å². The first kappa shape index (κ1) is 28.1. The molecule has 1 fully saturated rings. The van der Waals surface area contributed by atoms with Crippen LogP contribution in [-0.2, 0) is 30.3 Å². The summed E-state index contributed by atoms with van der Waals surface area (Å²) in [6.07, 6.45) is 1.09. The monoisotopic (exact) mass is 465 g/mol. The SMILES string of the molecule is CC(C)(C)OC(=O)CNC1(C(N)=O)CCNCC1.O=C(O)C[C@H](Cc1ccccc1)C(=O)O. The fourth-order valence-electron chi connectivity index (χ4n) is 3.34. The number of rotatable bonds is 9. The van der Waals surface area contributed by atoms with Gasteiger partial charge in [0.1, 0.15) is 11.1 Å². The molecule has 1 heterocycles. The van der Waals surface area contributed by atoms with Crippen molar-refractivity contribution in [3.8, 4) is 0 Å². The van der Waals surface area contributed by atoms with Crippen molar-refractivity contribution in [2.24, 2.45) is 11.7 Å². The Morgan fingerprint density at radius 2 is 1.70 bits per heavy atom. The maximum atomic E-state index is 11.6. The molecular weight excluding hydrogens is 430 g/mol. The molecule has 1 aromatic rings. The minimum atomic E-state index is -1.08. The second kappa shape index (κ2) is 12.9. The van der Waals surface area contributed by atoms with E-state index in [0.717, 1.165) is 5.56 Å². The fraction of sp³-hybridized carbons (Fsp3) is 0.565. The quantitative estimate of drug-likeness (QED) is 0.333. The summed E-state index contributed by atoms with van der Waals surface area (Å²) >= 11 is 0. The number of hydrogen-bond donors (Lipinski definition) is 5. The van der Waals surface area contributed by atoms with Crippen molar-refractivity contribution in [3.63, 3.8) is 0 Å². The van der Waals surface area contributed by atoms with Crippen LogP contribution >= 0.6 is 0 Å². The third kappa shape index (κ3) is 10.9. The molecule has 10 nitrogen and oxygen atoms in total. The lowest BCUT2D eigenvalue weighted by atomic mass is 9.87. The largest absolute Gasteiger partial charge is 0.481 e. The molecule has 33 heavy (non-hydrogen) atoms. The van der Waals surface area contributed by atoms with E-state index in [1.54, 1.807) is 45.0 Å². The number of nitrogens with one attached hydrogen (secondary N) is 2. The van der Waals surface area contributed by atoms with Gasteiger partial charge in [-0.25, -0.2) is 0 Å². The van der Waals surface area contributed by atoms with Gasteiger partial charge in [-0.2, -0.15) is 0 Å². The van der Waals surface area contributed by atoms with Gasteiger partial charge in [-0.1, -0.05) is 30.3 Å². The topological polar surface area (TPSA) is 168 Å². The van der Waals surface area contributed by atoms with E-state index in [4.69, 9.17) is 20.7 Å². The molecule has 10 heteroatoms. The van der Waals surface area contributed by atoms with Crippen LogP contribution < -0.4 is 16.4 Å². The highest BCUT2D eigenvalue weighted by Crippen LogP contribution is 2.18. The van der Waals surface area contributed by atoms with Crippen LogP contribution in [0.1, 0.15) is 45.6 Å². The van der Waals surface area contributed by atoms with E-state index in [9.17, 15) is 19.2 Å². The lowest BCUT2D eigenvalue weighted by Crippen LogP contribution is -2.61. The smallest absolute Gasteiger partial charge is 0.320 e. The highest BCUT2D eigenvalue weighted by Gasteiger charge is 2.38. The van der Waals surface area contributed by atoms with E-state index in [1.165, 1.54) is 0 Å². The number of carboxylic acid groups (broad SMARTS) is 2. The zero-order chi connectivity index (χ0) is 25.1. The van der Waals surface area contributed by atoms with Crippen LogP contribution in [-0.4, -0.2) is 64.8 Å². The van der Waals surface area contributed by atoms with Gasteiger partial charge >= 0.3 is 17.9 Å². The van der Waals surface area contributed by atoms with Gasteiger partial charge in [0.2, 0.25) is 5.91 Å². The average Bonchev–Trinajstić information content (AvgIpc) is 2.72. The molecule has 0 spiro atoms. The van der Waals surface area contributed by atoms with Crippen LogP contribution in [0.15, 0.2) is 30.3 Å². The van der Waals surface area contributed by atoms with Gasteiger partial charge in [0.25, 0.3) is 0 Å². The van der Waals surface area contributed by atoms with E-state index in [-0.39, 0.29) is 25.4 Å². The van der Waals surface area contributed by atoms with Crippen molar-refractivity contribution in [1.82, 2.24) is 10.6 Å². The molecule has 1 aromatic carbocycles. The molecule has 184 valence electrons. The number of carbonyl (C=O) groups excluding carboxylic acids is 2. The zero-order valence-corrected chi connectivity index (χ0v) is 19.4. The summed E-state index contributed by atoms with van der Waals surface area (Å²) in [4.78, 5) is 44.4. The second-order valence-corrected chi connectivity index (χ2v) is 8.96. The van der Waals surface area contributed by atoms with Crippen molar-refractivity contribution in [3.05, 3.63) is 35.9 Å². The van der Waals surface area contributed by atoms with Gasteiger partial charge in [0, 0.05) is 0 Å². The molecule has 0 aromatic heterocycles. The summed E-state index contributed by atoms with van der Waals surface area (Å²) in [6.45, 7) is 6.84. The Morgan fingerprint density at radius 3 is 2.15 bits per heavy atom. The molecule has 1 aliphatic rings. The van der Waals surface area contributed by atoms with Crippen molar-refractivity contribution < 1.29 is 34.1 Å². The molecule has 1 saturated heterocycles. The first-order chi connectivity index (χ1) is 15.3. The van der Waals surface area contributed by atoms with E-state index in [0.29, 0.717) is 25.9 Å². The van der Waals surface area contributed by atoms with Crippen LogP contribution in [0, 0.1) is 5.92 Å². The summed E-state index contributed by atoms with van der Waals surface area (Å²) in [5, 5.41) is 23.5. The Hall–Kier alpha value is -2.98. The lowest BCUT2D eigenvalue weighted by molar-refractivity contribution is -0.154. The number of carbonyl (C=O) groups is 4. The van der Waals surface area contributed by atoms with Crippen LogP contribution in [0.25, 0.3) is 0 Å². The number of benzene rings is 1. The van der Waals surface area contributed by atoms with Crippen LogP contribution in [0.5, 0.6) is 0 Å². The van der Waals surface area contributed by atoms with Crippen LogP contribution in [0.3, 0.4) is 0 Å². The van der Waals surface area contributed by atoms with E-state index in [1.807, 2.05) is 6.07 Å². The maximum Gasteiger partial charge on any atom is 0.320 e. The van der Waals surface area contributed by atoms with Crippen molar-refractivity contribution in [2.45, 2.75) is 57.6 Å². The van der Waals surface area contributed by atoms with Gasteiger partial charge in [-0.05, 0) is 58.7 Å². The number of aliphatic carboxylic acids is 2. The fourth-order valence-corrected chi connectivity index (χ4v) is 3.34. The van der Waals surface area contributed by atoms with Crippen molar-refractivity contribution in [2.75, 3.05) is 19.6 Å². The lowest BCUT2D eigenvalue weighted by Gasteiger charge is -2.35. The molecule has 0 saturated carbocycles. The Bertz CT molecular complexity index is 800. The van der Waals surface area contributed by atoms with E-state index in [2.05, 4.69) is 10.6 Å². The van der Waals surface area contributed by atoms with Gasteiger partial charge in [-0.15, -0.1) is 0 Å². The maximum absolute atomic E-state index is 11.6. The third-order valence-corrected chi connectivity index (χ3v) is 5.02. The van der Waals surface area contributed by atoms with Crippen molar-refractivity contribution in [1.29, 1.82) is 0 Å². The molecule has 1 aliphatic heterocycles. The summed E-state index contributed by atoms with van der Waals surface area (Å²) in [6, 6.07) is 9.01. The zero-order valence-electron chi connectivity index (χ0n) is 19.4. The van der Waals surface area contributed by atoms with Gasteiger partial charge in [0.15, 0.2) is 0 Å². The Kier molecular flexibility index (Phi) is 11.0. The standard InChI is InChI=1S/C12H23N3O3.C11H12O4/c1-11(2,3)18-9(16)8-15-12(10(13)17)4-6-14-7-5-12;12-10(13)7-9(11(14)15)6-8-4-2-1-3-5-8/h14-15H,4-8H2,1-3H3,(H2,13,17);1-5,9H,6-7H2,(H,12,13)(H,14,15)/t;9-/m.0/s1. The first-order valence-electron chi connectivity index (χ1n) is 10.8. The summed E-state index contributed by atoms with van der Waals surface area (Å²) in [5.74, 6) is -3.79. The van der Waals surface area contributed by atoms with Crippen LogP contribution in [0.4, 0.5) is 0 Å². The van der Waals surface area contributed by atoms with Gasteiger partial charge < -0.3 is 26.0 Å². The minimum absolute atomic E-state index is 0.000208. The van der Waals surface area contributed by atoms with Crippen LogP contribution in [0.2, 0.25) is 0 Å². The molecular formula is C23H35N3O7. The number of amides is 1. The van der Waals surface area contributed by atoms with Crippen molar-refractivity contribution >= 4 is 23.8 Å². The summed E-state index contributed by atoms with van der Waals surface area (Å²) < 4.78 is 5.18. The molecule has 6 N–H and O–H groups in total. The molecule has 2 rings (SSSR count). The third-order valence-electron chi connectivity index (χ3n) is 5.02. The molecule has 0 radical (unpaired) electrons. The predicted octanol–water partition coefficient (Wildman–Crippen LogP) is 0.930. The molecule has 1 amide bonds. The Morgan fingerprint density at radius 1 is 1.12 bits per heavy atom. The Labute approximate surface area is 193 Å². The number of piperidine rings is 1. The Balaban J connectivity index is 0.000000335. The average molecular weight is 466 g/mol. The molecule has 0 bridgehead atoms. The normalized spacial score (nSPS) is 16.0. The molecule has 0 unspecified atom stereocenters.